The van der Waals surface area contributed by atoms with Crippen LogP contribution < -0.4 is 11.1 Å². The number of carbonyl (C=O) groups is 1. The highest BCUT2D eigenvalue weighted by Crippen LogP contribution is 2.29. The molecule has 1 unspecified atom stereocenters. The van der Waals surface area contributed by atoms with E-state index in [0.29, 0.717) is 24.8 Å². The average molecular weight is 288 g/mol. The fourth-order valence-electron chi connectivity index (χ4n) is 3.35. The Labute approximate surface area is 128 Å². The predicted molar refractivity (Wildman–Crippen MR) is 86.9 cm³/mol. The zero-order valence-electron chi connectivity index (χ0n) is 13.3. The Kier molecular flexibility index (Phi) is 5.80. The molecule has 0 radical (unpaired) electrons. The Hall–Kier alpha value is -1.35. The van der Waals surface area contributed by atoms with E-state index in [1.165, 1.54) is 11.1 Å². The van der Waals surface area contributed by atoms with Crippen LogP contribution in [0.25, 0.3) is 0 Å². The van der Waals surface area contributed by atoms with Crippen LogP contribution >= 0.6 is 0 Å². The quantitative estimate of drug-likeness (QED) is 0.844. The molecule has 1 aliphatic carbocycles. The molecule has 0 saturated carbocycles. The zero-order valence-corrected chi connectivity index (χ0v) is 13.3. The molecular formula is C18H28N2O. The number of nitrogens with one attached hydrogen (secondary N) is 1. The molecule has 2 atom stereocenters. The first-order chi connectivity index (χ1) is 10.1. The number of hydrogen-bond acceptors (Lipinski definition) is 2. The fourth-order valence-corrected chi connectivity index (χ4v) is 3.35. The van der Waals surface area contributed by atoms with Gasteiger partial charge in [-0.1, -0.05) is 38.1 Å². The van der Waals surface area contributed by atoms with Crippen LogP contribution in [0.15, 0.2) is 24.3 Å². The highest BCUT2D eigenvalue weighted by Gasteiger charge is 2.22. The van der Waals surface area contributed by atoms with Gasteiger partial charge < -0.3 is 11.1 Å². The molecule has 1 aromatic carbocycles. The molecular weight excluding hydrogens is 260 g/mol. The minimum Gasteiger partial charge on any atom is -0.349 e. The molecule has 0 heterocycles. The fraction of sp³-hybridized carbons (Fsp3) is 0.611. The van der Waals surface area contributed by atoms with Gasteiger partial charge >= 0.3 is 0 Å². The number of hydrogen-bond donors (Lipinski definition) is 2. The normalized spacial score (nSPS) is 19.1. The van der Waals surface area contributed by atoms with Gasteiger partial charge in [0.1, 0.15) is 0 Å². The van der Waals surface area contributed by atoms with Crippen LogP contribution in [0.3, 0.4) is 0 Å². The minimum absolute atomic E-state index is 0.146. The Bertz CT molecular complexity index is 470. The number of nitrogens with two attached hydrogens (primary N) is 1. The van der Waals surface area contributed by atoms with Crippen molar-refractivity contribution in [3.63, 3.8) is 0 Å². The maximum Gasteiger partial charge on any atom is 0.220 e. The number of aryl methyl sites for hydroxylation is 1. The van der Waals surface area contributed by atoms with Crippen molar-refractivity contribution in [2.75, 3.05) is 6.54 Å². The Morgan fingerprint density at radius 2 is 2.14 bits per heavy atom. The lowest BCUT2D eigenvalue weighted by Crippen LogP contribution is -2.33. The van der Waals surface area contributed by atoms with Crippen molar-refractivity contribution in [3.8, 4) is 0 Å². The SMILES string of the molecule is CC(C)C[C@H](CN)CC(=O)NC1CCCc2ccccc21. The van der Waals surface area contributed by atoms with Gasteiger partial charge in [0.2, 0.25) is 5.91 Å². The summed E-state index contributed by atoms with van der Waals surface area (Å²) in [6, 6.07) is 8.64. The molecule has 0 aliphatic heterocycles. The molecule has 1 amide bonds. The number of carbonyl (C=O) groups excluding carboxylic acids is 1. The van der Waals surface area contributed by atoms with Crippen LogP contribution in [-0.4, -0.2) is 12.5 Å². The monoisotopic (exact) mass is 288 g/mol. The van der Waals surface area contributed by atoms with Crippen LogP contribution in [0.5, 0.6) is 0 Å². The van der Waals surface area contributed by atoms with Crippen LogP contribution in [0, 0.1) is 11.8 Å². The summed E-state index contributed by atoms with van der Waals surface area (Å²) in [6.45, 7) is 4.95. The third-order valence-corrected chi connectivity index (χ3v) is 4.32. The van der Waals surface area contributed by atoms with Gasteiger partial charge in [0.25, 0.3) is 0 Å². The van der Waals surface area contributed by atoms with Crippen LogP contribution in [0.2, 0.25) is 0 Å². The molecule has 1 aromatic rings. The van der Waals surface area contributed by atoms with Crippen LogP contribution in [-0.2, 0) is 11.2 Å². The molecule has 0 spiro atoms. The summed E-state index contributed by atoms with van der Waals surface area (Å²) in [5.74, 6) is 1.03. The van der Waals surface area contributed by atoms with E-state index < -0.39 is 0 Å². The van der Waals surface area contributed by atoms with E-state index >= 15 is 0 Å². The molecule has 0 fully saturated rings. The van der Waals surface area contributed by atoms with Crippen molar-refractivity contribution < 1.29 is 4.79 Å². The third-order valence-electron chi connectivity index (χ3n) is 4.32. The first-order valence-corrected chi connectivity index (χ1v) is 8.17. The van der Waals surface area contributed by atoms with E-state index in [9.17, 15) is 4.79 Å². The summed E-state index contributed by atoms with van der Waals surface area (Å²) in [4.78, 5) is 12.3. The summed E-state index contributed by atoms with van der Waals surface area (Å²) in [6.07, 6.45) is 4.88. The number of amides is 1. The summed E-state index contributed by atoms with van der Waals surface area (Å²) in [7, 11) is 0. The van der Waals surface area contributed by atoms with E-state index in [1.54, 1.807) is 0 Å². The average Bonchev–Trinajstić information content (AvgIpc) is 2.46. The Balaban J connectivity index is 1.94. The standard InChI is InChI=1S/C18H28N2O/c1-13(2)10-14(12-19)11-18(21)20-17-9-5-7-15-6-3-4-8-16(15)17/h3-4,6,8,13-14,17H,5,7,9-12,19H2,1-2H3,(H,20,21)/t14-,17?/m0/s1. The van der Waals surface area contributed by atoms with E-state index in [2.05, 4.69) is 43.4 Å². The largest absolute Gasteiger partial charge is 0.349 e. The maximum atomic E-state index is 12.3. The lowest BCUT2D eigenvalue weighted by molar-refractivity contribution is -0.122. The molecule has 0 bridgehead atoms. The number of fused-ring (bicyclic) bond motifs is 1. The van der Waals surface area contributed by atoms with Gasteiger partial charge in [-0.15, -0.1) is 0 Å². The minimum atomic E-state index is 0.146. The van der Waals surface area contributed by atoms with Crippen molar-refractivity contribution in [1.29, 1.82) is 0 Å². The van der Waals surface area contributed by atoms with Gasteiger partial charge in [0, 0.05) is 6.42 Å². The van der Waals surface area contributed by atoms with Gasteiger partial charge in [0.15, 0.2) is 0 Å². The summed E-state index contributed by atoms with van der Waals surface area (Å²) in [5, 5.41) is 3.22. The van der Waals surface area contributed by atoms with E-state index in [1.807, 2.05) is 0 Å². The lowest BCUT2D eigenvalue weighted by atomic mass is 9.87. The molecule has 0 aromatic heterocycles. The smallest absolute Gasteiger partial charge is 0.220 e. The second-order valence-corrected chi connectivity index (χ2v) is 6.65. The lowest BCUT2D eigenvalue weighted by Gasteiger charge is -2.27. The summed E-state index contributed by atoms with van der Waals surface area (Å²) < 4.78 is 0. The molecule has 116 valence electrons. The highest BCUT2D eigenvalue weighted by molar-refractivity contribution is 5.76. The van der Waals surface area contributed by atoms with Crippen LogP contribution in [0.1, 0.15) is 56.7 Å². The van der Waals surface area contributed by atoms with E-state index in [0.717, 1.165) is 25.7 Å². The van der Waals surface area contributed by atoms with Crippen molar-refractivity contribution >= 4 is 5.91 Å². The molecule has 21 heavy (non-hydrogen) atoms. The summed E-state index contributed by atoms with van der Waals surface area (Å²) >= 11 is 0. The van der Waals surface area contributed by atoms with Crippen molar-refractivity contribution in [1.82, 2.24) is 5.32 Å². The topological polar surface area (TPSA) is 55.1 Å². The molecule has 3 N–H and O–H groups in total. The van der Waals surface area contributed by atoms with Gasteiger partial charge in [-0.2, -0.15) is 0 Å². The van der Waals surface area contributed by atoms with Gasteiger partial charge in [-0.05, 0) is 55.2 Å². The van der Waals surface area contributed by atoms with Gasteiger partial charge in [-0.25, -0.2) is 0 Å². The molecule has 3 heteroatoms. The van der Waals surface area contributed by atoms with Crippen molar-refractivity contribution in [2.45, 2.75) is 52.0 Å². The van der Waals surface area contributed by atoms with Crippen LogP contribution in [0.4, 0.5) is 0 Å². The second kappa shape index (κ2) is 7.60. The second-order valence-electron chi connectivity index (χ2n) is 6.65. The first-order valence-electron chi connectivity index (χ1n) is 8.17. The van der Waals surface area contributed by atoms with Crippen molar-refractivity contribution in [2.24, 2.45) is 17.6 Å². The zero-order chi connectivity index (χ0) is 15.2. The Morgan fingerprint density at radius 3 is 2.86 bits per heavy atom. The third kappa shape index (κ3) is 4.57. The molecule has 0 saturated heterocycles. The van der Waals surface area contributed by atoms with Crippen molar-refractivity contribution in [3.05, 3.63) is 35.4 Å². The maximum absolute atomic E-state index is 12.3. The number of benzene rings is 1. The van der Waals surface area contributed by atoms with Gasteiger partial charge in [0.05, 0.1) is 6.04 Å². The molecule has 2 rings (SSSR count). The highest BCUT2D eigenvalue weighted by atomic mass is 16.1. The Morgan fingerprint density at radius 1 is 1.38 bits per heavy atom. The van der Waals surface area contributed by atoms with Gasteiger partial charge in [-0.3, -0.25) is 4.79 Å². The first kappa shape index (κ1) is 16.0. The summed E-state index contributed by atoms with van der Waals surface area (Å²) in [5.41, 5.74) is 8.48. The van der Waals surface area contributed by atoms with E-state index in [-0.39, 0.29) is 11.9 Å². The molecule has 1 aliphatic rings. The van der Waals surface area contributed by atoms with E-state index in [4.69, 9.17) is 5.73 Å². The number of rotatable bonds is 6. The predicted octanol–water partition coefficient (Wildman–Crippen LogP) is 3.19. The molecule has 3 nitrogen and oxygen atoms in total.